The normalized spacial score (nSPS) is 11.2. The first-order chi connectivity index (χ1) is 14.7. The van der Waals surface area contributed by atoms with E-state index in [1.165, 1.54) is 23.1 Å². The van der Waals surface area contributed by atoms with Crippen LogP contribution in [0.25, 0.3) is 11.3 Å². The van der Waals surface area contributed by atoms with E-state index in [4.69, 9.17) is 0 Å². The van der Waals surface area contributed by atoms with E-state index in [1.807, 2.05) is 74.7 Å². The van der Waals surface area contributed by atoms with E-state index in [-0.39, 0.29) is 23.0 Å². The van der Waals surface area contributed by atoms with E-state index in [1.54, 1.807) is 0 Å². The van der Waals surface area contributed by atoms with Crippen molar-refractivity contribution in [1.29, 1.82) is 0 Å². The topological polar surface area (TPSA) is 71.1 Å². The summed E-state index contributed by atoms with van der Waals surface area (Å²) < 4.78 is 1.01. The first kappa shape index (κ1) is 23.5. The standard InChI is InChI=1S/C23H24BrN3O2S2/c1-23(2,3)12-20(28)25-17-5-4-6-18(11-17)30-14-21(29)27-22-26-19(13-31-22)15-7-9-16(24)10-8-15/h4-11,13H,12,14H2,1-3H3,(H,25,28)(H,26,27,29). The van der Waals surface area contributed by atoms with Gasteiger partial charge in [0.25, 0.3) is 0 Å². The maximum absolute atomic E-state index is 12.4. The Morgan fingerprint density at radius 3 is 2.52 bits per heavy atom. The number of thiazole rings is 1. The van der Waals surface area contributed by atoms with Gasteiger partial charge >= 0.3 is 0 Å². The van der Waals surface area contributed by atoms with Crippen LogP contribution in [0.4, 0.5) is 10.8 Å². The average molecular weight is 519 g/mol. The predicted octanol–water partition coefficient (Wildman–Crippen LogP) is 6.68. The molecule has 1 aromatic heterocycles. The smallest absolute Gasteiger partial charge is 0.236 e. The summed E-state index contributed by atoms with van der Waals surface area (Å²) in [6.07, 6.45) is 0.447. The Morgan fingerprint density at radius 2 is 1.81 bits per heavy atom. The second-order valence-electron chi connectivity index (χ2n) is 8.20. The number of hydrogen-bond acceptors (Lipinski definition) is 5. The molecule has 2 N–H and O–H groups in total. The van der Waals surface area contributed by atoms with Crippen molar-refractivity contribution in [2.75, 3.05) is 16.4 Å². The Kier molecular flexibility index (Phi) is 7.91. The van der Waals surface area contributed by atoms with Crippen molar-refractivity contribution >= 4 is 61.7 Å². The molecule has 0 aliphatic rings. The second-order valence-corrected chi connectivity index (χ2v) is 11.0. The Bertz CT molecular complexity index is 1060. The van der Waals surface area contributed by atoms with Gasteiger partial charge in [0, 0.05) is 32.4 Å². The van der Waals surface area contributed by atoms with Gasteiger partial charge in [-0.05, 0) is 35.7 Å². The van der Waals surface area contributed by atoms with Crippen molar-refractivity contribution in [3.8, 4) is 11.3 Å². The number of rotatable bonds is 7. The van der Waals surface area contributed by atoms with Crippen LogP contribution in [-0.4, -0.2) is 22.6 Å². The van der Waals surface area contributed by atoms with Gasteiger partial charge in [0.1, 0.15) is 0 Å². The second kappa shape index (κ2) is 10.4. The summed E-state index contributed by atoms with van der Waals surface area (Å²) in [6.45, 7) is 6.09. The molecule has 0 aliphatic heterocycles. The molecular formula is C23H24BrN3O2S2. The monoisotopic (exact) mass is 517 g/mol. The van der Waals surface area contributed by atoms with E-state index in [2.05, 4.69) is 31.5 Å². The number of nitrogens with zero attached hydrogens (tertiary/aromatic N) is 1. The molecule has 5 nitrogen and oxygen atoms in total. The van der Waals surface area contributed by atoms with Gasteiger partial charge in [0.05, 0.1) is 11.4 Å². The minimum Gasteiger partial charge on any atom is -0.326 e. The SMILES string of the molecule is CC(C)(C)CC(=O)Nc1cccc(SCC(=O)Nc2nc(-c3ccc(Br)cc3)cs2)c1. The number of thioether (sulfide) groups is 1. The Labute approximate surface area is 199 Å². The highest BCUT2D eigenvalue weighted by molar-refractivity contribution is 9.10. The molecule has 0 aliphatic carbocycles. The first-order valence-electron chi connectivity index (χ1n) is 9.72. The number of halogens is 1. The van der Waals surface area contributed by atoms with Gasteiger partial charge in [0.2, 0.25) is 11.8 Å². The van der Waals surface area contributed by atoms with Crippen LogP contribution in [0.1, 0.15) is 27.2 Å². The van der Waals surface area contributed by atoms with Crippen LogP contribution in [0, 0.1) is 5.41 Å². The summed E-state index contributed by atoms with van der Waals surface area (Å²) in [5.41, 5.74) is 2.50. The molecule has 1 heterocycles. The molecule has 0 spiro atoms. The molecule has 3 aromatic rings. The zero-order chi connectivity index (χ0) is 22.4. The number of aromatic nitrogens is 1. The molecule has 162 valence electrons. The number of benzene rings is 2. The predicted molar refractivity (Wildman–Crippen MR) is 134 cm³/mol. The van der Waals surface area contributed by atoms with Crippen molar-refractivity contribution in [2.24, 2.45) is 5.41 Å². The summed E-state index contributed by atoms with van der Waals surface area (Å²) in [5.74, 6) is 0.119. The van der Waals surface area contributed by atoms with Gasteiger partial charge in [0.15, 0.2) is 5.13 Å². The zero-order valence-corrected chi connectivity index (χ0v) is 20.8. The molecule has 2 amide bonds. The van der Waals surface area contributed by atoms with Crippen LogP contribution in [-0.2, 0) is 9.59 Å². The Hall–Kier alpha value is -2.16. The third-order valence-corrected chi connectivity index (χ3v) is 6.35. The third kappa shape index (κ3) is 7.79. The summed E-state index contributed by atoms with van der Waals surface area (Å²) in [6, 6.07) is 15.4. The number of hydrogen-bond donors (Lipinski definition) is 2. The molecule has 0 atom stereocenters. The highest BCUT2D eigenvalue weighted by Crippen LogP contribution is 2.27. The van der Waals surface area contributed by atoms with E-state index < -0.39 is 0 Å². The van der Waals surface area contributed by atoms with E-state index >= 15 is 0 Å². The molecule has 2 aromatic carbocycles. The van der Waals surface area contributed by atoms with Crippen LogP contribution in [0.3, 0.4) is 0 Å². The highest BCUT2D eigenvalue weighted by atomic mass is 79.9. The van der Waals surface area contributed by atoms with Gasteiger partial charge in [-0.2, -0.15) is 0 Å². The Morgan fingerprint density at radius 1 is 1.06 bits per heavy atom. The fourth-order valence-corrected chi connectivity index (χ4v) is 4.49. The third-order valence-electron chi connectivity index (χ3n) is 4.07. The minimum absolute atomic E-state index is 0.0160. The van der Waals surface area contributed by atoms with Crippen LogP contribution in [0.15, 0.2) is 63.3 Å². The van der Waals surface area contributed by atoms with Gasteiger partial charge in [-0.1, -0.05) is 54.9 Å². The molecule has 8 heteroatoms. The molecule has 3 rings (SSSR count). The molecule has 0 saturated heterocycles. The van der Waals surface area contributed by atoms with Crippen LogP contribution >= 0.6 is 39.0 Å². The van der Waals surface area contributed by atoms with Crippen molar-refractivity contribution in [3.05, 3.63) is 58.4 Å². The molecule has 0 bridgehead atoms. The lowest BCUT2D eigenvalue weighted by atomic mass is 9.92. The Balaban J connectivity index is 1.52. The molecular weight excluding hydrogens is 494 g/mol. The maximum atomic E-state index is 12.4. The lowest BCUT2D eigenvalue weighted by Gasteiger charge is -2.17. The van der Waals surface area contributed by atoms with Crippen LogP contribution < -0.4 is 10.6 Å². The van der Waals surface area contributed by atoms with Crippen molar-refractivity contribution in [1.82, 2.24) is 4.98 Å². The quantitative estimate of drug-likeness (QED) is 0.343. The van der Waals surface area contributed by atoms with Crippen LogP contribution in [0.5, 0.6) is 0 Å². The van der Waals surface area contributed by atoms with Crippen molar-refractivity contribution in [3.63, 3.8) is 0 Å². The summed E-state index contributed by atoms with van der Waals surface area (Å²) in [5, 5.41) is 8.28. The first-order valence-corrected chi connectivity index (χ1v) is 12.4. The van der Waals surface area contributed by atoms with Gasteiger partial charge in [-0.3, -0.25) is 9.59 Å². The zero-order valence-electron chi connectivity index (χ0n) is 17.6. The molecule has 0 saturated carbocycles. The van der Waals surface area contributed by atoms with Crippen LogP contribution in [0.2, 0.25) is 0 Å². The van der Waals surface area contributed by atoms with Gasteiger partial charge < -0.3 is 10.6 Å². The summed E-state index contributed by atoms with van der Waals surface area (Å²) in [4.78, 5) is 29.9. The van der Waals surface area contributed by atoms with E-state index in [9.17, 15) is 9.59 Å². The van der Waals surface area contributed by atoms with Gasteiger partial charge in [-0.15, -0.1) is 23.1 Å². The van der Waals surface area contributed by atoms with Crippen molar-refractivity contribution < 1.29 is 9.59 Å². The fraction of sp³-hybridized carbons (Fsp3) is 0.261. The summed E-state index contributed by atoms with van der Waals surface area (Å²) in [7, 11) is 0. The number of anilines is 2. The molecule has 31 heavy (non-hydrogen) atoms. The lowest BCUT2D eigenvalue weighted by Crippen LogP contribution is -2.19. The molecule has 0 radical (unpaired) electrons. The summed E-state index contributed by atoms with van der Waals surface area (Å²) >= 11 is 6.24. The fourth-order valence-electron chi connectivity index (χ4n) is 2.74. The number of carbonyl (C=O) groups excluding carboxylic acids is 2. The molecule has 0 unspecified atom stereocenters. The largest absolute Gasteiger partial charge is 0.326 e. The highest BCUT2D eigenvalue weighted by Gasteiger charge is 2.16. The minimum atomic E-state index is -0.121. The average Bonchev–Trinajstić information content (AvgIpc) is 3.14. The lowest BCUT2D eigenvalue weighted by molar-refractivity contribution is -0.118. The maximum Gasteiger partial charge on any atom is 0.236 e. The van der Waals surface area contributed by atoms with E-state index in [0.717, 1.165) is 26.3 Å². The molecule has 0 fully saturated rings. The number of nitrogens with one attached hydrogen (secondary N) is 2. The van der Waals surface area contributed by atoms with E-state index in [0.29, 0.717) is 11.6 Å². The van der Waals surface area contributed by atoms with Crippen molar-refractivity contribution in [2.45, 2.75) is 32.1 Å². The number of amides is 2. The number of carbonyl (C=O) groups is 2. The van der Waals surface area contributed by atoms with Gasteiger partial charge in [-0.25, -0.2) is 4.98 Å².